The van der Waals surface area contributed by atoms with Crippen molar-refractivity contribution in [2.24, 2.45) is 0 Å². The first-order valence-electron chi connectivity index (χ1n) is 3.64. The molecule has 0 aromatic heterocycles. The van der Waals surface area contributed by atoms with Crippen LogP contribution in [0, 0.1) is 6.92 Å². The molecule has 0 bridgehead atoms. The fourth-order valence-corrected chi connectivity index (χ4v) is 0.596. The summed E-state index contributed by atoms with van der Waals surface area (Å²) in [6, 6.07) is 0. The second-order valence-corrected chi connectivity index (χ2v) is 2.00. The molecule has 0 aromatic carbocycles. The Balaban J connectivity index is 3.18. The summed E-state index contributed by atoms with van der Waals surface area (Å²) in [6.07, 6.45) is 14.4. The third-order valence-corrected chi connectivity index (χ3v) is 1.11. The van der Waals surface area contributed by atoms with E-state index in [1.807, 2.05) is 25.2 Å². The highest BCUT2D eigenvalue weighted by atomic mass is 13.8. The third kappa shape index (κ3) is 7.22. The van der Waals surface area contributed by atoms with Gasteiger partial charge >= 0.3 is 0 Å². The third-order valence-electron chi connectivity index (χ3n) is 1.11. The van der Waals surface area contributed by atoms with Gasteiger partial charge in [-0.25, -0.2) is 0 Å². The zero-order valence-corrected chi connectivity index (χ0v) is 6.59. The first kappa shape index (κ1) is 9.22. The van der Waals surface area contributed by atoms with Crippen LogP contribution in [0.5, 0.6) is 0 Å². The molecule has 1 radical (unpaired) electrons. The Hall–Kier alpha value is -0.780. The van der Waals surface area contributed by atoms with E-state index in [1.165, 1.54) is 0 Å². The van der Waals surface area contributed by atoms with Gasteiger partial charge in [0.15, 0.2) is 0 Å². The molecular weight excluding hydrogens is 120 g/mol. The van der Waals surface area contributed by atoms with Crippen molar-refractivity contribution in [3.8, 4) is 0 Å². The summed E-state index contributed by atoms with van der Waals surface area (Å²) in [4.78, 5) is 0. The first-order valence-corrected chi connectivity index (χ1v) is 3.64. The second-order valence-electron chi connectivity index (χ2n) is 2.00. The largest absolute Gasteiger partial charge is 0.0882 e. The molecule has 10 heavy (non-hydrogen) atoms. The molecule has 0 spiro atoms. The molecular formula is C10H15. The quantitative estimate of drug-likeness (QED) is 0.410. The van der Waals surface area contributed by atoms with Crippen LogP contribution in [0.3, 0.4) is 0 Å². The minimum absolute atomic E-state index is 1.09. The van der Waals surface area contributed by atoms with Crippen molar-refractivity contribution in [1.82, 2.24) is 0 Å². The summed E-state index contributed by atoms with van der Waals surface area (Å²) in [6.45, 7) is 5.62. The maximum Gasteiger partial charge on any atom is -0.0313 e. The summed E-state index contributed by atoms with van der Waals surface area (Å²) in [5.74, 6) is 0. The van der Waals surface area contributed by atoms with Crippen LogP contribution in [0.2, 0.25) is 0 Å². The van der Waals surface area contributed by atoms with Crippen LogP contribution in [-0.2, 0) is 0 Å². The Labute approximate surface area is 64.0 Å². The second kappa shape index (κ2) is 8.22. The number of hydrogen-bond donors (Lipinski definition) is 0. The first-order chi connectivity index (χ1) is 4.91. The molecule has 0 unspecified atom stereocenters. The highest BCUT2D eigenvalue weighted by molar-refractivity contribution is 5.01. The van der Waals surface area contributed by atoms with E-state index in [2.05, 4.69) is 25.2 Å². The molecule has 0 amide bonds. The van der Waals surface area contributed by atoms with Gasteiger partial charge in [-0.15, -0.1) is 0 Å². The molecule has 0 heterocycles. The molecule has 0 rings (SSSR count). The van der Waals surface area contributed by atoms with Crippen molar-refractivity contribution in [2.75, 3.05) is 0 Å². The lowest BCUT2D eigenvalue weighted by atomic mass is 10.2. The van der Waals surface area contributed by atoms with E-state index >= 15 is 0 Å². The van der Waals surface area contributed by atoms with Gasteiger partial charge in [0.25, 0.3) is 0 Å². The maximum absolute atomic E-state index is 3.60. The van der Waals surface area contributed by atoms with Gasteiger partial charge in [0, 0.05) is 0 Å². The predicted octanol–water partition coefficient (Wildman–Crippen LogP) is 3.29. The average molecular weight is 135 g/mol. The minimum Gasteiger partial charge on any atom is -0.0882 e. The lowest BCUT2D eigenvalue weighted by molar-refractivity contribution is 1.05. The van der Waals surface area contributed by atoms with Crippen LogP contribution >= 0.6 is 0 Å². The number of allylic oxidation sites excluding steroid dienone is 6. The van der Waals surface area contributed by atoms with Crippen LogP contribution in [0.15, 0.2) is 36.5 Å². The van der Waals surface area contributed by atoms with E-state index in [0.717, 1.165) is 12.8 Å². The Kier molecular flexibility index (Phi) is 7.58. The average Bonchev–Trinajstić information content (AvgIpc) is 1.97. The van der Waals surface area contributed by atoms with Gasteiger partial charge in [0.1, 0.15) is 0 Å². The molecule has 0 fully saturated rings. The van der Waals surface area contributed by atoms with E-state index in [1.54, 1.807) is 0 Å². The molecule has 0 aromatic rings. The van der Waals surface area contributed by atoms with Crippen molar-refractivity contribution in [2.45, 2.75) is 19.8 Å². The molecule has 0 atom stereocenters. The fraction of sp³-hybridized carbons (Fsp3) is 0.300. The van der Waals surface area contributed by atoms with Gasteiger partial charge in [-0.2, -0.15) is 0 Å². The minimum atomic E-state index is 1.09. The number of rotatable bonds is 4. The summed E-state index contributed by atoms with van der Waals surface area (Å²) in [7, 11) is 0. The topological polar surface area (TPSA) is 0 Å². The van der Waals surface area contributed by atoms with Crippen LogP contribution < -0.4 is 0 Å². The van der Waals surface area contributed by atoms with Gasteiger partial charge in [-0.3, -0.25) is 0 Å². The smallest absolute Gasteiger partial charge is 0.0313 e. The van der Waals surface area contributed by atoms with E-state index in [9.17, 15) is 0 Å². The molecule has 55 valence electrons. The Morgan fingerprint density at radius 2 is 1.80 bits per heavy atom. The lowest BCUT2D eigenvalue weighted by Crippen LogP contribution is -1.61. The molecule has 0 aliphatic heterocycles. The highest BCUT2D eigenvalue weighted by Gasteiger charge is 1.71. The summed E-state index contributed by atoms with van der Waals surface area (Å²) in [5.41, 5.74) is 0. The standard InChI is InChI=1S/C10H15/c1-3-5-7-9-10-8-6-4-2/h3-6,8,10H,1,7,9H2,2H3/b5-3+,6-4+,10-8+. The van der Waals surface area contributed by atoms with Crippen LogP contribution in [-0.4, -0.2) is 0 Å². The molecule has 0 aliphatic rings. The Morgan fingerprint density at radius 1 is 1.10 bits per heavy atom. The summed E-state index contributed by atoms with van der Waals surface area (Å²) in [5, 5.41) is 0. The van der Waals surface area contributed by atoms with E-state index in [4.69, 9.17) is 0 Å². The van der Waals surface area contributed by atoms with Gasteiger partial charge in [-0.1, -0.05) is 36.5 Å². The summed E-state index contributed by atoms with van der Waals surface area (Å²) < 4.78 is 0. The van der Waals surface area contributed by atoms with Gasteiger partial charge < -0.3 is 0 Å². The van der Waals surface area contributed by atoms with Crippen molar-refractivity contribution in [1.29, 1.82) is 0 Å². The normalized spacial score (nSPS) is 12.6. The van der Waals surface area contributed by atoms with Crippen molar-refractivity contribution >= 4 is 0 Å². The van der Waals surface area contributed by atoms with Gasteiger partial charge in [-0.05, 0) is 26.7 Å². The predicted molar refractivity (Wildman–Crippen MR) is 47.7 cm³/mol. The molecule has 0 nitrogen and oxygen atoms in total. The van der Waals surface area contributed by atoms with Crippen molar-refractivity contribution in [3.63, 3.8) is 0 Å². The van der Waals surface area contributed by atoms with Gasteiger partial charge in [0.05, 0.1) is 0 Å². The van der Waals surface area contributed by atoms with Crippen molar-refractivity contribution < 1.29 is 0 Å². The Morgan fingerprint density at radius 3 is 2.40 bits per heavy atom. The van der Waals surface area contributed by atoms with Crippen LogP contribution in [0.4, 0.5) is 0 Å². The van der Waals surface area contributed by atoms with Crippen LogP contribution in [0.25, 0.3) is 0 Å². The number of hydrogen-bond acceptors (Lipinski definition) is 0. The SMILES string of the molecule is [CH2]/C=C/CC/C=C/C=C/C. The summed E-state index contributed by atoms with van der Waals surface area (Å²) >= 11 is 0. The van der Waals surface area contributed by atoms with Crippen molar-refractivity contribution in [3.05, 3.63) is 43.4 Å². The van der Waals surface area contributed by atoms with Gasteiger partial charge in [0.2, 0.25) is 0 Å². The highest BCUT2D eigenvalue weighted by Crippen LogP contribution is 1.92. The Bertz CT molecular complexity index is 127. The molecule has 0 heteroatoms. The zero-order chi connectivity index (χ0) is 7.66. The van der Waals surface area contributed by atoms with E-state index in [0.29, 0.717) is 0 Å². The van der Waals surface area contributed by atoms with Crippen LogP contribution in [0.1, 0.15) is 19.8 Å². The molecule has 0 saturated heterocycles. The molecule has 0 N–H and O–H groups in total. The van der Waals surface area contributed by atoms with E-state index in [-0.39, 0.29) is 0 Å². The monoisotopic (exact) mass is 135 g/mol. The zero-order valence-electron chi connectivity index (χ0n) is 6.59. The fourth-order valence-electron chi connectivity index (χ4n) is 0.596. The number of unbranched alkanes of at least 4 members (excludes halogenated alkanes) is 1. The maximum atomic E-state index is 3.60. The van der Waals surface area contributed by atoms with E-state index < -0.39 is 0 Å². The molecule has 0 saturated carbocycles. The molecule has 0 aliphatic carbocycles. The lowest BCUT2D eigenvalue weighted by Gasteiger charge is -1.82.